The van der Waals surface area contributed by atoms with Crippen LogP contribution in [0.5, 0.6) is 0 Å². The summed E-state index contributed by atoms with van der Waals surface area (Å²) in [5.74, 6) is -0.983. The van der Waals surface area contributed by atoms with Gasteiger partial charge < -0.3 is 16.0 Å². The van der Waals surface area contributed by atoms with Gasteiger partial charge in [0.25, 0.3) is 21.8 Å². The predicted octanol–water partition coefficient (Wildman–Crippen LogP) is 2.76. The third-order valence-corrected chi connectivity index (χ3v) is 9.22. The minimum atomic E-state index is -3.97. The molecule has 178 valence electrons. The summed E-state index contributed by atoms with van der Waals surface area (Å²) in [5, 5.41) is 4.46. The lowest BCUT2D eigenvalue weighted by atomic mass is 10.1. The lowest BCUT2D eigenvalue weighted by Gasteiger charge is -2.28. The van der Waals surface area contributed by atoms with Crippen LogP contribution in [0.25, 0.3) is 0 Å². The second-order valence-corrected chi connectivity index (χ2v) is 11.6. The molecule has 0 spiro atoms. The van der Waals surface area contributed by atoms with Crippen molar-refractivity contribution in [3.8, 4) is 0 Å². The Morgan fingerprint density at radius 1 is 1.06 bits per heavy atom. The topological polar surface area (TPSA) is 113 Å². The first kappa shape index (κ1) is 24.6. The van der Waals surface area contributed by atoms with Crippen LogP contribution in [0.3, 0.4) is 0 Å². The summed E-state index contributed by atoms with van der Waals surface area (Å²) in [5.41, 5.74) is 7.81. The molecule has 2 amide bonds. The van der Waals surface area contributed by atoms with Crippen molar-refractivity contribution in [3.63, 3.8) is 0 Å². The first-order valence-corrected chi connectivity index (χ1v) is 13.6. The Labute approximate surface area is 210 Å². The van der Waals surface area contributed by atoms with E-state index in [2.05, 4.69) is 21.2 Å². The van der Waals surface area contributed by atoms with E-state index in [1.807, 2.05) is 24.3 Å². The molecular formula is C23H23BrN4O4S2. The molecular weight excluding hydrogens is 540 g/mol. The van der Waals surface area contributed by atoms with Crippen LogP contribution >= 0.6 is 27.3 Å². The molecule has 3 N–H and O–H groups in total. The van der Waals surface area contributed by atoms with E-state index >= 15 is 0 Å². The zero-order valence-corrected chi connectivity index (χ0v) is 21.3. The van der Waals surface area contributed by atoms with E-state index < -0.39 is 28.0 Å². The SMILES string of the molecule is NCc1cccc(CNC(=O)C2N(C(=O)c3ccc(Br)cc3)CCN2S(=O)(=O)c2cccs2)c1. The number of amides is 2. The first-order valence-electron chi connectivity index (χ1n) is 10.5. The van der Waals surface area contributed by atoms with Crippen molar-refractivity contribution in [1.29, 1.82) is 0 Å². The number of nitrogens with zero attached hydrogens (tertiary/aromatic N) is 2. The average molecular weight is 563 g/mol. The Bertz CT molecular complexity index is 1280. The van der Waals surface area contributed by atoms with Crippen molar-refractivity contribution in [2.45, 2.75) is 23.5 Å². The number of hydrogen-bond acceptors (Lipinski definition) is 6. The standard InChI is InChI=1S/C23H23BrN4O4S2/c24-19-8-6-18(7-9-19)23(30)27-10-11-28(34(31,32)20-5-2-12-33-20)22(27)21(29)26-15-17-4-1-3-16(13-17)14-25/h1-9,12-13,22H,10-11,14-15,25H2,(H,26,29). The maximum absolute atomic E-state index is 13.4. The number of rotatable bonds is 7. The first-order chi connectivity index (χ1) is 16.3. The highest BCUT2D eigenvalue weighted by Gasteiger charge is 2.46. The summed E-state index contributed by atoms with van der Waals surface area (Å²) in [6.45, 7) is 0.659. The normalized spacial score (nSPS) is 16.5. The van der Waals surface area contributed by atoms with Crippen LogP contribution in [-0.4, -0.2) is 48.7 Å². The fourth-order valence-corrected chi connectivity index (χ4v) is 6.70. The van der Waals surface area contributed by atoms with Gasteiger partial charge in [-0.1, -0.05) is 46.3 Å². The highest BCUT2D eigenvalue weighted by Crippen LogP contribution is 2.28. The van der Waals surface area contributed by atoms with Crippen LogP contribution in [0.2, 0.25) is 0 Å². The smallest absolute Gasteiger partial charge is 0.259 e. The molecule has 1 aliphatic rings. The quantitative estimate of drug-likeness (QED) is 0.459. The lowest BCUT2D eigenvalue weighted by Crippen LogP contribution is -2.53. The number of sulfonamides is 1. The van der Waals surface area contributed by atoms with Crippen LogP contribution in [0.4, 0.5) is 0 Å². The third-order valence-electron chi connectivity index (χ3n) is 5.47. The number of thiophene rings is 1. The third kappa shape index (κ3) is 5.08. The van der Waals surface area contributed by atoms with Gasteiger partial charge in [-0.15, -0.1) is 11.3 Å². The second-order valence-electron chi connectivity index (χ2n) is 7.67. The molecule has 2 aromatic carbocycles. The fourth-order valence-electron chi connectivity index (χ4n) is 3.77. The molecule has 0 bridgehead atoms. The van der Waals surface area contributed by atoms with Crippen molar-refractivity contribution in [2.24, 2.45) is 5.73 Å². The molecule has 1 aromatic heterocycles. The molecule has 1 unspecified atom stereocenters. The zero-order chi connectivity index (χ0) is 24.3. The molecule has 0 saturated carbocycles. The van der Waals surface area contributed by atoms with Gasteiger partial charge in [0.2, 0.25) is 0 Å². The molecule has 1 saturated heterocycles. The molecule has 1 fully saturated rings. The Morgan fingerprint density at radius 3 is 2.47 bits per heavy atom. The van der Waals surface area contributed by atoms with Gasteiger partial charge in [-0.25, -0.2) is 8.42 Å². The summed E-state index contributed by atoms with van der Waals surface area (Å²) in [6, 6.07) is 17.3. The molecule has 1 atom stereocenters. The molecule has 4 rings (SSSR count). The van der Waals surface area contributed by atoms with E-state index in [-0.39, 0.29) is 23.8 Å². The maximum Gasteiger partial charge on any atom is 0.259 e. The van der Waals surface area contributed by atoms with Gasteiger partial charge in [-0.3, -0.25) is 9.59 Å². The lowest BCUT2D eigenvalue weighted by molar-refractivity contribution is -0.127. The van der Waals surface area contributed by atoms with Crippen LogP contribution in [-0.2, 0) is 27.9 Å². The molecule has 11 heteroatoms. The fraction of sp³-hybridized carbons (Fsp3) is 0.217. The summed E-state index contributed by atoms with van der Waals surface area (Å²) in [4.78, 5) is 28.0. The van der Waals surface area contributed by atoms with Gasteiger partial charge in [-0.2, -0.15) is 4.31 Å². The van der Waals surface area contributed by atoms with E-state index in [4.69, 9.17) is 5.73 Å². The Balaban J connectivity index is 1.62. The minimum absolute atomic E-state index is 0.0171. The monoisotopic (exact) mass is 562 g/mol. The molecule has 8 nitrogen and oxygen atoms in total. The summed E-state index contributed by atoms with van der Waals surface area (Å²) in [6.07, 6.45) is -1.30. The highest BCUT2D eigenvalue weighted by atomic mass is 79.9. The van der Waals surface area contributed by atoms with Crippen molar-refractivity contribution in [3.05, 3.63) is 87.2 Å². The molecule has 0 aliphatic carbocycles. The number of carbonyl (C=O) groups excluding carboxylic acids is 2. The number of carbonyl (C=O) groups is 2. The van der Waals surface area contributed by atoms with Crippen LogP contribution in [0.1, 0.15) is 21.5 Å². The van der Waals surface area contributed by atoms with Crippen molar-refractivity contribution >= 4 is 49.1 Å². The number of nitrogens with one attached hydrogen (secondary N) is 1. The zero-order valence-electron chi connectivity index (χ0n) is 18.1. The summed E-state index contributed by atoms with van der Waals surface area (Å²) in [7, 11) is -3.97. The van der Waals surface area contributed by atoms with Crippen LogP contribution < -0.4 is 11.1 Å². The van der Waals surface area contributed by atoms with E-state index in [0.717, 1.165) is 31.2 Å². The van der Waals surface area contributed by atoms with Gasteiger partial charge in [-0.05, 0) is 46.8 Å². The maximum atomic E-state index is 13.4. The van der Waals surface area contributed by atoms with Crippen LogP contribution in [0, 0.1) is 0 Å². The van der Waals surface area contributed by atoms with E-state index in [1.165, 1.54) is 11.0 Å². The Morgan fingerprint density at radius 2 is 1.79 bits per heavy atom. The van der Waals surface area contributed by atoms with Gasteiger partial charge >= 0.3 is 0 Å². The van der Waals surface area contributed by atoms with E-state index in [1.54, 1.807) is 35.7 Å². The van der Waals surface area contributed by atoms with E-state index in [9.17, 15) is 18.0 Å². The predicted molar refractivity (Wildman–Crippen MR) is 133 cm³/mol. The highest BCUT2D eigenvalue weighted by molar-refractivity contribution is 9.10. The van der Waals surface area contributed by atoms with Gasteiger partial charge in [0.05, 0.1) is 0 Å². The number of hydrogen-bond donors (Lipinski definition) is 2. The van der Waals surface area contributed by atoms with Crippen molar-refractivity contribution in [1.82, 2.24) is 14.5 Å². The number of nitrogens with two attached hydrogens (primary N) is 1. The molecule has 3 aromatic rings. The van der Waals surface area contributed by atoms with Gasteiger partial charge in [0.1, 0.15) is 4.21 Å². The van der Waals surface area contributed by atoms with Gasteiger partial charge in [0.15, 0.2) is 6.17 Å². The van der Waals surface area contributed by atoms with Crippen LogP contribution in [0.15, 0.2) is 74.7 Å². The molecule has 34 heavy (non-hydrogen) atoms. The van der Waals surface area contributed by atoms with Gasteiger partial charge in [0, 0.05) is 36.2 Å². The Hall–Kier alpha value is -2.57. The van der Waals surface area contributed by atoms with Crippen molar-refractivity contribution in [2.75, 3.05) is 13.1 Å². The summed E-state index contributed by atoms with van der Waals surface area (Å²) < 4.78 is 28.7. The minimum Gasteiger partial charge on any atom is -0.349 e. The molecule has 1 aliphatic heterocycles. The number of benzene rings is 2. The molecule has 2 heterocycles. The molecule has 0 radical (unpaired) electrons. The van der Waals surface area contributed by atoms with Crippen molar-refractivity contribution < 1.29 is 18.0 Å². The summed E-state index contributed by atoms with van der Waals surface area (Å²) >= 11 is 4.41. The largest absolute Gasteiger partial charge is 0.349 e. The Kier molecular flexibility index (Phi) is 7.48. The average Bonchev–Trinajstić information content (AvgIpc) is 3.54. The second kappa shape index (κ2) is 10.4. The van der Waals surface area contributed by atoms with E-state index in [0.29, 0.717) is 12.1 Å². The number of halogens is 1.